The molecule has 8 atom stereocenters. The zero-order valence-electron chi connectivity index (χ0n) is 23.3. The van der Waals surface area contributed by atoms with Crippen LogP contribution in [0.15, 0.2) is 11.1 Å². The van der Waals surface area contributed by atoms with Crippen molar-refractivity contribution >= 4 is 29.1 Å². The molecule has 0 heterocycles. The fraction of sp³-hybridized carbons (Fsp3) is 0.767. The Labute approximate surface area is 219 Å². The number of rotatable bonds is 6. The normalized spacial score (nSPS) is 40.5. The van der Waals surface area contributed by atoms with Crippen molar-refractivity contribution in [3.05, 3.63) is 11.1 Å². The van der Waals surface area contributed by atoms with Crippen molar-refractivity contribution in [2.75, 3.05) is 0 Å². The molecule has 37 heavy (non-hydrogen) atoms. The number of hydrogen-bond acceptors (Lipinski definition) is 6. The molecular weight excluding hydrogens is 472 g/mol. The number of aliphatic hydroxyl groups is 1. The molecular formula is C30H42O7. The van der Waals surface area contributed by atoms with Crippen LogP contribution in [0.25, 0.3) is 0 Å². The molecule has 4 aliphatic carbocycles. The van der Waals surface area contributed by atoms with E-state index < -0.39 is 39.7 Å². The number of allylic oxidation sites excluding steroid dienone is 2. The maximum Gasteiger partial charge on any atom is 0.306 e. The summed E-state index contributed by atoms with van der Waals surface area (Å²) in [4.78, 5) is 65.6. The van der Waals surface area contributed by atoms with Gasteiger partial charge in [0.1, 0.15) is 11.6 Å². The molecule has 2 saturated carbocycles. The predicted octanol–water partition coefficient (Wildman–Crippen LogP) is 4.34. The number of carbonyl (C=O) groups excluding carboxylic acids is 4. The molecule has 0 aromatic heterocycles. The van der Waals surface area contributed by atoms with Crippen LogP contribution >= 0.6 is 0 Å². The van der Waals surface area contributed by atoms with Gasteiger partial charge in [0.15, 0.2) is 11.6 Å². The number of Topliss-reactive ketones (excluding diaryl/α,β-unsaturated/α-hetero) is 4. The van der Waals surface area contributed by atoms with Crippen molar-refractivity contribution in [3.63, 3.8) is 0 Å². The molecule has 0 spiro atoms. The summed E-state index contributed by atoms with van der Waals surface area (Å²) in [5.74, 6) is -2.94. The first-order chi connectivity index (χ1) is 16.9. The Kier molecular flexibility index (Phi) is 6.54. The highest BCUT2D eigenvalue weighted by molar-refractivity contribution is 6.16. The van der Waals surface area contributed by atoms with Crippen molar-refractivity contribution in [3.8, 4) is 0 Å². The van der Waals surface area contributed by atoms with E-state index in [2.05, 4.69) is 0 Å². The van der Waals surface area contributed by atoms with Crippen LogP contribution in [0.5, 0.6) is 0 Å². The second kappa shape index (κ2) is 8.69. The molecule has 7 nitrogen and oxygen atoms in total. The Bertz CT molecular complexity index is 1110. The second-order valence-electron chi connectivity index (χ2n) is 13.8. The summed E-state index contributed by atoms with van der Waals surface area (Å²) in [6.45, 7) is 13.2. The summed E-state index contributed by atoms with van der Waals surface area (Å²) in [7, 11) is 0. The zero-order chi connectivity index (χ0) is 27.9. The first kappa shape index (κ1) is 27.9. The fourth-order valence-electron chi connectivity index (χ4n) is 8.84. The van der Waals surface area contributed by atoms with E-state index in [0.717, 1.165) is 0 Å². The van der Waals surface area contributed by atoms with Gasteiger partial charge in [-0.05, 0) is 48.3 Å². The molecule has 7 heteroatoms. The van der Waals surface area contributed by atoms with Gasteiger partial charge < -0.3 is 10.2 Å². The minimum atomic E-state index is -1.11. The van der Waals surface area contributed by atoms with Crippen molar-refractivity contribution < 1.29 is 34.2 Å². The molecule has 4 rings (SSSR count). The fourth-order valence-corrected chi connectivity index (χ4v) is 8.84. The average Bonchev–Trinajstić information content (AvgIpc) is 2.99. The Morgan fingerprint density at radius 1 is 0.946 bits per heavy atom. The summed E-state index contributed by atoms with van der Waals surface area (Å²) in [6, 6.07) is 0. The summed E-state index contributed by atoms with van der Waals surface area (Å²) in [5.41, 5.74) is -2.13. The highest BCUT2D eigenvalue weighted by Crippen LogP contribution is 2.70. The number of aliphatic hydroxyl groups excluding tert-OH is 1. The highest BCUT2D eigenvalue weighted by Gasteiger charge is 2.70. The van der Waals surface area contributed by atoms with Crippen molar-refractivity contribution in [1.82, 2.24) is 0 Å². The standard InChI is InChI=1S/C30H42O7/c1-15(10-17(31)11-16(2)26(36)37)18-12-23(35)30(7)25-19(32)13-21-27(3,4)22(34)8-9-28(21,5)24(25)20(33)14-29(18,30)6/h15-16,18,21-22,34H,8-14H2,1-7H3,(H,36,37)/t15-,16?,18-,21?,22+,28+,29-,30+/m1/s1. The van der Waals surface area contributed by atoms with E-state index in [1.54, 1.807) is 0 Å². The monoisotopic (exact) mass is 514 g/mol. The molecule has 0 radical (unpaired) electrons. The van der Waals surface area contributed by atoms with Crippen LogP contribution in [0.4, 0.5) is 0 Å². The predicted molar refractivity (Wildman–Crippen MR) is 136 cm³/mol. The van der Waals surface area contributed by atoms with Gasteiger partial charge in [0.05, 0.1) is 17.4 Å². The van der Waals surface area contributed by atoms with Gasteiger partial charge in [0.2, 0.25) is 0 Å². The zero-order valence-corrected chi connectivity index (χ0v) is 23.3. The van der Waals surface area contributed by atoms with E-state index in [1.807, 2.05) is 41.5 Å². The molecule has 0 aliphatic heterocycles. The van der Waals surface area contributed by atoms with Crippen LogP contribution in [0, 0.1) is 45.3 Å². The molecule has 0 saturated heterocycles. The van der Waals surface area contributed by atoms with Gasteiger partial charge >= 0.3 is 5.97 Å². The number of hydrogen-bond donors (Lipinski definition) is 2. The first-order valence-electron chi connectivity index (χ1n) is 13.7. The summed E-state index contributed by atoms with van der Waals surface area (Å²) in [6.07, 6.45) is 1.19. The Balaban J connectivity index is 1.75. The number of carboxylic acid groups (broad SMARTS) is 1. The van der Waals surface area contributed by atoms with E-state index in [1.165, 1.54) is 6.92 Å². The Hall–Kier alpha value is -2.15. The van der Waals surface area contributed by atoms with Crippen LogP contribution in [0.1, 0.15) is 93.4 Å². The molecule has 4 aliphatic rings. The van der Waals surface area contributed by atoms with Crippen LogP contribution in [-0.4, -0.2) is 45.4 Å². The number of carboxylic acids is 1. The van der Waals surface area contributed by atoms with Gasteiger partial charge in [0.25, 0.3) is 0 Å². The second-order valence-corrected chi connectivity index (χ2v) is 13.8. The third kappa shape index (κ3) is 3.74. The lowest BCUT2D eigenvalue weighted by molar-refractivity contribution is -0.145. The molecule has 0 amide bonds. The maximum atomic E-state index is 14.0. The van der Waals surface area contributed by atoms with Crippen LogP contribution in [-0.2, 0) is 24.0 Å². The summed E-state index contributed by atoms with van der Waals surface area (Å²) in [5, 5.41) is 19.9. The molecule has 204 valence electrons. The van der Waals surface area contributed by atoms with E-state index in [4.69, 9.17) is 5.11 Å². The van der Waals surface area contributed by atoms with Gasteiger partial charge in [-0.15, -0.1) is 0 Å². The molecule has 0 aromatic rings. The van der Waals surface area contributed by atoms with E-state index in [-0.39, 0.29) is 73.0 Å². The molecule has 2 N–H and O–H groups in total. The lowest BCUT2D eigenvalue weighted by Crippen LogP contribution is -2.59. The SMILES string of the molecule is CC(CC(=O)C[C@@H](C)[C@H]1CC(=O)[C@@]2(C)C3=C(C(=O)C[C@]12C)[C@@]1(C)CC[C@H](O)C(C)(C)C1CC3=O)C(=O)O. The highest BCUT2D eigenvalue weighted by atomic mass is 16.4. The average molecular weight is 515 g/mol. The molecule has 0 aromatic carbocycles. The lowest BCUT2D eigenvalue weighted by Gasteiger charge is -2.60. The summed E-state index contributed by atoms with van der Waals surface area (Å²) < 4.78 is 0. The number of ketones is 4. The topological polar surface area (TPSA) is 126 Å². The number of carbonyl (C=O) groups is 5. The largest absolute Gasteiger partial charge is 0.481 e. The van der Waals surface area contributed by atoms with Crippen molar-refractivity contribution in [2.24, 2.45) is 45.3 Å². The van der Waals surface area contributed by atoms with Crippen LogP contribution in [0.2, 0.25) is 0 Å². The third-order valence-corrected chi connectivity index (χ3v) is 11.4. The van der Waals surface area contributed by atoms with Crippen LogP contribution < -0.4 is 0 Å². The lowest BCUT2D eigenvalue weighted by atomic mass is 9.42. The van der Waals surface area contributed by atoms with Gasteiger partial charge in [-0.2, -0.15) is 0 Å². The molecule has 2 unspecified atom stereocenters. The van der Waals surface area contributed by atoms with E-state index in [9.17, 15) is 29.1 Å². The Morgan fingerprint density at radius 3 is 2.16 bits per heavy atom. The first-order valence-corrected chi connectivity index (χ1v) is 13.7. The van der Waals surface area contributed by atoms with E-state index in [0.29, 0.717) is 24.0 Å². The minimum Gasteiger partial charge on any atom is -0.481 e. The Morgan fingerprint density at radius 2 is 1.57 bits per heavy atom. The van der Waals surface area contributed by atoms with E-state index >= 15 is 0 Å². The minimum absolute atomic E-state index is 0.0521. The number of aliphatic carboxylic acids is 1. The number of fused-ring (bicyclic) bond motifs is 4. The van der Waals surface area contributed by atoms with Crippen molar-refractivity contribution in [2.45, 2.75) is 99.5 Å². The third-order valence-electron chi connectivity index (χ3n) is 11.4. The van der Waals surface area contributed by atoms with Crippen LogP contribution in [0.3, 0.4) is 0 Å². The smallest absolute Gasteiger partial charge is 0.306 e. The quantitative estimate of drug-likeness (QED) is 0.540. The molecule has 2 fully saturated rings. The van der Waals surface area contributed by atoms with Gasteiger partial charge in [-0.1, -0.05) is 41.5 Å². The van der Waals surface area contributed by atoms with Gasteiger partial charge in [0, 0.05) is 48.7 Å². The summed E-state index contributed by atoms with van der Waals surface area (Å²) >= 11 is 0. The molecule has 0 bridgehead atoms. The van der Waals surface area contributed by atoms with Gasteiger partial charge in [-0.3, -0.25) is 24.0 Å². The van der Waals surface area contributed by atoms with Gasteiger partial charge in [-0.25, -0.2) is 0 Å². The maximum absolute atomic E-state index is 14.0. The van der Waals surface area contributed by atoms with Crippen molar-refractivity contribution in [1.29, 1.82) is 0 Å².